The molecule has 0 atom stereocenters. The van der Waals surface area contributed by atoms with Gasteiger partial charge in [-0.2, -0.15) is 0 Å². The van der Waals surface area contributed by atoms with E-state index >= 15 is 0 Å². The zero-order valence-electron chi connectivity index (χ0n) is 22.6. The second-order valence-corrected chi connectivity index (χ2v) is 9.69. The summed E-state index contributed by atoms with van der Waals surface area (Å²) < 4.78 is 2.23. The van der Waals surface area contributed by atoms with Gasteiger partial charge in [0.1, 0.15) is 5.82 Å². The van der Waals surface area contributed by atoms with Gasteiger partial charge in [-0.3, -0.25) is 4.90 Å². The molecular weight excluding hydrogens is 476 g/mol. The van der Waals surface area contributed by atoms with Crippen molar-refractivity contribution in [2.24, 2.45) is 0 Å². The van der Waals surface area contributed by atoms with Crippen LogP contribution in [0.4, 0.5) is 10.5 Å². The van der Waals surface area contributed by atoms with Gasteiger partial charge >= 0.3 is 12.0 Å². The van der Waals surface area contributed by atoms with Gasteiger partial charge in [-0.05, 0) is 60.2 Å². The molecule has 4 aromatic rings. The third-order valence-electron chi connectivity index (χ3n) is 6.84. The number of carbonyl (C=O) groups excluding carboxylic acids is 1. The summed E-state index contributed by atoms with van der Waals surface area (Å²) >= 11 is 0. The Morgan fingerprint density at radius 2 is 1.76 bits per heavy atom. The number of carboxylic acid groups (broad SMARTS) is 1. The number of rotatable bonds is 10. The van der Waals surface area contributed by atoms with Gasteiger partial charge in [-0.15, -0.1) is 0 Å². The highest BCUT2D eigenvalue weighted by Crippen LogP contribution is 2.29. The van der Waals surface area contributed by atoms with Gasteiger partial charge in [0.05, 0.1) is 16.6 Å². The lowest BCUT2D eigenvalue weighted by Gasteiger charge is -2.19. The van der Waals surface area contributed by atoms with Gasteiger partial charge in [-0.1, -0.05) is 62.7 Å². The number of urea groups is 1. The maximum atomic E-state index is 12.7. The number of aryl methyl sites for hydroxylation is 2. The van der Waals surface area contributed by atoms with Crippen molar-refractivity contribution in [3.05, 3.63) is 83.2 Å². The monoisotopic (exact) mass is 512 g/mol. The van der Waals surface area contributed by atoms with Crippen LogP contribution in [-0.4, -0.2) is 40.3 Å². The molecule has 0 unspecified atom stereocenters. The van der Waals surface area contributed by atoms with Crippen LogP contribution in [0.5, 0.6) is 0 Å². The summed E-state index contributed by atoms with van der Waals surface area (Å²) in [6.45, 7) is 7.57. The first-order valence-electron chi connectivity index (χ1n) is 13.3. The van der Waals surface area contributed by atoms with Crippen LogP contribution in [-0.2, 0) is 13.0 Å². The number of amides is 2. The summed E-state index contributed by atoms with van der Waals surface area (Å²) in [5.74, 6) is 0.0760. The van der Waals surface area contributed by atoms with E-state index in [-0.39, 0.29) is 11.6 Å². The van der Waals surface area contributed by atoms with Gasteiger partial charge in [0.2, 0.25) is 0 Å². The fourth-order valence-corrected chi connectivity index (χ4v) is 4.71. The number of carbonyl (C=O) groups is 2. The summed E-state index contributed by atoms with van der Waals surface area (Å²) in [5, 5.41) is 12.6. The summed E-state index contributed by atoms with van der Waals surface area (Å²) in [4.78, 5) is 31.0. The van der Waals surface area contributed by atoms with Gasteiger partial charge in [0.25, 0.3) is 0 Å². The Kier molecular flexibility index (Phi) is 8.46. The van der Waals surface area contributed by atoms with E-state index in [2.05, 4.69) is 23.7 Å². The maximum absolute atomic E-state index is 12.7. The molecule has 2 N–H and O–H groups in total. The molecule has 0 spiro atoms. The zero-order valence-corrected chi connectivity index (χ0v) is 22.6. The number of unbranched alkanes of at least 4 members (excludes halogenated alkanes) is 1. The number of hydrogen-bond acceptors (Lipinski definition) is 3. The lowest BCUT2D eigenvalue weighted by atomic mass is 9.99. The largest absolute Gasteiger partial charge is 0.478 e. The highest BCUT2D eigenvalue weighted by molar-refractivity contribution is 5.96. The lowest BCUT2D eigenvalue weighted by molar-refractivity contribution is 0.0697. The normalized spacial score (nSPS) is 11.1. The molecule has 7 heteroatoms. The van der Waals surface area contributed by atoms with E-state index in [0.29, 0.717) is 18.7 Å². The van der Waals surface area contributed by atoms with Crippen LogP contribution in [0.15, 0.2) is 60.7 Å². The standard InChI is InChI=1S/C31H36N4O3/c1-5-7-17-32-31(38)34(4)24-18-21(3)29-27(19-24)35(28(33-29)10-6-2)20-22-13-15-23(16-14-22)25-11-8-9-12-26(25)30(36)37/h8-9,11-16,18-19H,5-7,10,17,20H2,1-4H3,(H,32,38)(H,36,37). The molecule has 7 nitrogen and oxygen atoms in total. The number of nitrogens with zero attached hydrogens (tertiary/aromatic N) is 3. The molecule has 0 aliphatic carbocycles. The second-order valence-electron chi connectivity index (χ2n) is 9.69. The molecule has 0 saturated heterocycles. The van der Waals surface area contributed by atoms with Crippen LogP contribution in [0.1, 0.15) is 60.4 Å². The number of anilines is 1. The number of aromatic carboxylic acids is 1. The van der Waals surface area contributed by atoms with E-state index in [1.807, 2.05) is 55.5 Å². The molecule has 38 heavy (non-hydrogen) atoms. The average molecular weight is 513 g/mol. The smallest absolute Gasteiger partial charge is 0.336 e. The van der Waals surface area contributed by atoms with Crippen molar-refractivity contribution in [1.82, 2.24) is 14.9 Å². The van der Waals surface area contributed by atoms with E-state index in [9.17, 15) is 14.7 Å². The van der Waals surface area contributed by atoms with Crippen LogP contribution >= 0.6 is 0 Å². The van der Waals surface area contributed by atoms with Crippen molar-refractivity contribution in [3.8, 4) is 11.1 Å². The quantitative estimate of drug-likeness (QED) is 0.233. The predicted octanol–water partition coefficient (Wildman–Crippen LogP) is 6.66. The first-order valence-corrected chi connectivity index (χ1v) is 13.3. The van der Waals surface area contributed by atoms with E-state index in [0.717, 1.165) is 64.9 Å². The van der Waals surface area contributed by atoms with Crippen molar-refractivity contribution in [2.45, 2.75) is 53.0 Å². The van der Waals surface area contributed by atoms with E-state index < -0.39 is 5.97 Å². The molecule has 4 rings (SSSR count). The summed E-state index contributed by atoms with van der Waals surface area (Å²) in [6, 6.07) is 19.0. The van der Waals surface area contributed by atoms with Crippen LogP contribution < -0.4 is 10.2 Å². The minimum Gasteiger partial charge on any atom is -0.478 e. The topological polar surface area (TPSA) is 87.5 Å². The minimum atomic E-state index is -0.936. The van der Waals surface area contributed by atoms with Gasteiger partial charge < -0.3 is 15.0 Å². The average Bonchev–Trinajstić information content (AvgIpc) is 3.26. The summed E-state index contributed by atoms with van der Waals surface area (Å²) in [5.41, 5.74) is 6.75. The van der Waals surface area contributed by atoms with E-state index in [1.54, 1.807) is 24.1 Å². The van der Waals surface area contributed by atoms with Gasteiger partial charge in [0.15, 0.2) is 0 Å². The highest BCUT2D eigenvalue weighted by Gasteiger charge is 2.18. The molecule has 0 saturated carbocycles. The molecule has 1 aromatic heterocycles. The Morgan fingerprint density at radius 3 is 2.45 bits per heavy atom. The fourth-order valence-electron chi connectivity index (χ4n) is 4.71. The van der Waals surface area contributed by atoms with Crippen LogP contribution in [0, 0.1) is 6.92 Å². The van der Waals surface area contributed by atoms with Gasteiger partial charge in [-0.25, -0.2) is 14.6 Å². The highest BCUT2D eigenvalue weighted by atomic mass is 16.4. The SMILES string of the molecule is CCCCNC(=O)N(C)c1cc(C)c2nc(CCC)n(Cc3ccc(-c4ccccc4C(=O)O)cc3)c2c1. The Bertz CT molecular complexity index is 1440. The molecule has 0 radical (unpaired) electrons. The van der Waals surface area contributed by atoms with E-state index in [1.165, 1.54) is 0 Å². The van der Waals surface area contributed by atoms with E-state index in [4.69, 9.17) is 4.98 Å². The third-order valence-corrected chi connectivity index (χ3v) is 6.84. The zero-order chi connectivity index (χ0) is 27.2. The number of imidazole rings is 1. The molecule has 0 aliphatic rings. The van der Waals surface area contributed by atoms with Crippen LogP contribution in [0.2, 0.25) is 0 Å². The molecule has 1 heterocycles. The molecular formula is C31H36N4O3. The number of aromatic nitrogens is 2. The van der Waals surface area contributed by atoms with Crippen molar-refractivity contribution in [2.75, 3.05) is 18.5 Å². The summed E-state index contributed by atoms with van der Waals surface area (Å²) in [7, 11) is 1.79. The molecule has 0 aliphatic heterocycles. The number of carboxylic acids is 1. The van der Waals surface area contributed by atoms with Crippen molar-refractivity contribution >= 4 is 28.7 Å². The molecule has 198 valence electrons. The lowest BCUT2D eigenvalue weighted by Crippen LogP contribution is -2.37. The fraction of sp³-hybridized carbons (Fsp3) is 0.323. The van der Waals surface area contributed by atoms with Crippen molar-refractivity contribution < 1.29 is 14.7 Å². The van der Waals surface area contributed by atoms with Crippen molar-refractivity contribution in [3.63, 3.8) is 0 Å². The Hall–Kier alpha value is -4.13. The van der Waals surface area contributed by atoms with Crippen molar-refractivity contribution in [1.29, 1.82) is 0 Å². The predicted molar refractivity (Wildman–Crippen MR) is 153 cm³/mol. The molecule has 2 amide bonds. The maximum Gasteiger partial charge on any atom is 0.336 e. The molecule has 3 aromatic carbocycles. The summed E-state index contributed by atoms with van der Waals surface area (Å²) in [6.07, 6.45) is 3.80. The van der Waals surface area contributed by atoms with Crippen LogP contribution in [0.25, 0.3) is 22.2 Å². The minimum absolute atomic E-state index is 0.116. The number of nitrogens with one attached hydrogen (secondary N) is 1. The number of benzene rings is 3. The molecule has 0 fully saturated rings. The Morgan fingerprint density at radius 1 is 1.03 bits per heavy atom. The number of fused-ring (bicyclic) bond motifs is 1. The van der Waals surface area contributed by atoms with Gasteiger partial charge in [0, 0.05) is 32.2 Å². The first kappa shape index (κ1) is 26.9. The number of hydrogen-bond donors (Lipinski definition) is 2. The second kappa shape index (κ2) is 11.9. The van der Waals surface area contributed by atoms with Crippen LogP contribution in [0.3, 0.4) is 0 Å². The Labute approximate surface area is 224 Å². The Balaban J connectivity index is 1.68. The third kappa shape index (κ3) is 5.72. The molecule has 0 bridgehead atoms. The first-order chi connectivity index (χ1) is 18.3.